The van der Waals surface area contributed by atoms with E-state index >= 15 is 0 Å². The second kappa shape index (κ2) is 4.40. The maximum Gasteiger partial charge on any atom is 0.354 e. The number of hydrogen-bond donors (Lipinski definition) is 2. The van der Waals surface area contributed by atoms with Crippen LogP contribution in [0.25, 0.3) is 0 Å². The number of aliphatic hydroxyl groups excluding tert-OH is 1. The summed E-state index contributed by atoms with van der Waals surface area (Å²) in [6.07, 6.45) is 0. The second-order valence-corrected chi connectivity index (χ2v) is 2.65. The van der Waals surface area contributed by atoms with Gasteiger partial charge in [0, 0.05) is 11.3 Å². The number of carboxylic acids is 1. The SMILES string of the molecule is Cc1cc(C#CCO)cc(C(=O)O)n1. The fourth-order valence-corrected chi connectivity index (χ4v) is 0.992. The van der Waals surface area contributed by atoms with Gasteiger partial charge in [-0.2, -0.15) is 0 Å². The third kappa shape index (κ3) is 2.57. The Kier molecular flexibility index (Phi) is 3.21. The highest BCUT2D eigenvalue weighted by Crippen LogP contribution is 2.04. The Hall–Kier alpha value is -1.86. The maximum atomic E-state index is 10.6. The molecule has 0 saturated heterocycles. The van der Waals surface area contributed by atoms with Crippen LogP contribution in [0.15, 0.2) is 12.1 Å². The van der Waals surface area contributed by atoms with Crippen LogP contribution in [0.2, 0.25) is 0 Å². The van der Waals surface area contributed by atoms with Gasteiger partial charge in [0.2, 0.25) is 0 Å². The molecule has 4 heteroatoms. The van der Waals surface area contributed by atoms with Gasteiger partial charge in [0.15, 0.2) is 0 Å². The summed E-state index contributed by atoms with van der Waals surface area (Å²) in [7, 11) is 0. The van der Waals surface area contributed by atoms with Gasteiger partial charge in [0.25, 0.3) is 0 Å². The van der Waals surface area contributed by atoms with Crippen LogP contribution in [0, 0.1) is 18.8 Å². The molecule has 0 atom stereocenters. The highest BCUT2D eigenvalue weighted by atomic mass is 16.4. The zero-order chi connectivity index (χ0) is 10.6. The minimum atomic E-state index is -1.08. The Morgan fingerprint density at radius 2 is 2.29 bits per heavy atom. The number of aliphatic hydroxyl groups is 1. The van der Waals surface area contributed by atoms with Crippen LogP contribution in [0.1, 0.15) is 21.7 Å². The minimum Gasteiger partial charge on any atom is -0.477 e. The van der Waals surface area contributed by atoms with Crippen LogP contribution in [0.3, 0.4) is 0 Å². The van der Waals surface area contributed by atoms with Crippen molar-refractivity contribution < 1.29 is 15.0 Å². The van der Waals surface area contributed by atoms with E-state index in [2.05, 4.69) is 16.8 Å². The van der Waals surface area contributed by atoms with Crippen molar-refractivity contribution in [1.29, 1.82) is 0 Å². The highest BCUT2D eigenvalue weighted by Gasteiger charge is 2.05. The first kappa shape index (κ1) is 10.2. The predicted octanol–water partition coefficient (Wildman–Crippen LogP) is 0.432. The van der Waals surface area contributed by atoms with E-state index in [1.807, 2.05) is 0 Å². The number of rotatable bonds is 1. The van der Waals surface area contributed by atoms with Crippen LogP contribution < -0.4 is 0 Å². The fourth-order valence-electron chi connectivity index (χ4n) is 0.992. The Morgan fingerprint density at radius 1 is 1.57 bits per heavy atom. The summed E-state index contributed by atoms with van der Waals surface area (Å²) < 4.78 is 0. The fraction of sp³-hybridized carbons (Fsp3) is 0.200. The minimum absolute atomic E-state index is 0.0350. The molecule has 0 bridgehead atoms. The first-order valence-electron chi connectivity index (χ1n) is 3.95. The van der Waals surface area contributed by atoms with Gasteiger partial charge in [-0.3, -0.25) is 0 Å². The van der Waals surface area contributed by atoms with Crippen molar-refractivity contribution in [1.82, 2.24) is 4.98 Å². The molecular weight excluding hydrogens is 182 g/mol. The second-order valence-electron chi connectivity index (χ2n) is 2.65. The third-order valence-corrected chi connectivity index (χ3v) is 1.48. The summed E-state index contributed by atoms with van der Waals surface area (Å²) in [5.74, 6) is 3.99. The summed E-state index contributed by atoms with van der Waals surface area (Å²) in [5, 5.41) is 17.2. The molecule has 0 amide bonds. The first-order valence-corrected chi connectivity index (χ1v) is 3.95. The van der Waals surface area contributed by atoms with Crippen molar-refractivity contribution in [3.8, 4) is 11.8 Å². The standard InChI is InChI=1S/C10H9NO3/c1-7-5-8(3-2-4-12)6-9(11-7)10(13)14/h5-6,12H,4H2,1H3,(H,13,14). The van der Waals surface area contributed by atoms with Crippen LogP contribution >= 0.6 is 0 Å². The lowest BCUT2D eigenvalue weighted by molar-refractivity contribution is 0.0690. The number of aromatic nitrogens is 1. The van der Waals surface area contributed by atoms with Gasteiger partial charge in [0.05, 0.1) is 0 Å². The number of hydrogen-bond acceptors (Lipinski definition) is 3. The van der Waals surface area contributed by atoms with Crippen molar-refractivity contribution in [2.24, 2.45) is 0 Å². The maximum absolute atomic E-state index is 10.6. The number of aromatic carboxylic acids is 1. The van der Waals surface area contributed by atoms with Crippen molar-refractivity contribution in [2.75, 3.05) is 6.61 Å². The van der Waals surface area contributed by atoms with Gasteiger partial charge in [-0.25, -0.2) is 9.78 Å². The van der Waals surface area contributed by atoms with Gasteiger partial charge in [-0.15, -0.1) is 0 Å². The lowest BCUT2D eigenvalue weighted by atomic mass is 10.2. The number of carbonyl (C=O) groups is 1. The summed E-state index contributed by atoms with van der Waals surface area (Å²) in [5.41, 5.74) is 1.10. The van der Waals surface area contributed by atoms with Gasteiger partial charge in [0.1, 0.15) is 12.3 Å². The molecule has 0 saturated carbocycles. The van der Waals surface area contributed by atoms with E-state index in [1.54, 1.807) is 13.0 Å². The quantitative estimate of drug-likeness (QED) is 0.631. The molecule has 1 rings (SSSR count). The van der Waals surface area contributed by atoms with Crippen molar-refractivity contribution in [2.45, 2.75) is 6.92 Å². The van der Waals surface area contributed by atoms with Crippen LogP contribution in [-0.2, 0) is 0 Å². The summed E-state index contributed by atoms with van der Waals surface area (Å²) >= 11 is 0. The van der Waals surface area contributed by atoms with E-state index in [-0.39, 0.29) is 12.3 Å². The number of nitrogens with zero attached hydrogens (tertiary/aromatic N) is 1. The molecule has 14 heavy (non-hydrogen) atoms. The largest absolute Gasteiger partial charge is 0.477 e. The van der Waals surface area contributed by atoms with Gasteiger partial charge in [-0.1, -0.05) is 11.8 Å². The molecule has 0 fully saturated rings. The Morgan fingerprint density at radius 3 is 2.86 bits per heavy atom. The molecule has 0 aromatic carbocycles. The van der Waals surface area contributed by atoms with Crippen LogP contribution in [-0.4, -0.2) is 27.8 Å². The van der Waals surface area contributed by atoms with Gasteiger partial charge >= 0.3 is 5.97 Å². The van der Waals surface area contributed by atoms with Crippen LogP contribution in [0.5, 0.6) is 0 Å². The van der Waals surface area contributed by atoms with Gasteiger partial charge in [-0.05, 0) is 19.1 Å². The Balaban J connectivity index is 3.13. The van der Waals surface area contributed by atoms with Gasteiger partial charge < -0.3 is 10.2 Å². The lowest BCUT2D eigenvalue weighted by Crippen LogP contribution is -2.02. The molecule has 2 N–H and O–H groups in total. The molecule has 0 spiro atoms. The summed E-state index contributed by atoms with van der Waals surface area (Å²) in [6, 6.07) is 3.03. The van der Waals surface area contributed by atoms with E-state index < -0.39 is 5.97 Å². The molecule has 0 radical (unpaired) electrons. The Labute approximate surface area is 81.2 Å². The third-order valence-electron chi connectivity index (χ3n) is 1.48. The predicted molar refractivity (Wildman–Crippen MR) is 49.9 cm³/mol. The van der Waals surface area contributed by atoms with Crippen molar-refractivity contribution >= 4 is 5.97 Å². The topological polar surface area (TPSA) is 70.4 Å². The first-order chi connectivity index (χ1) is 6.63. The van der Waals surface area contributed by atoms with Crippen molar-refractivity contribution in [3.05, 3.63) is 29.1 Å². The molecule has 1 aromatic heterocycles. The molecule has 1 aromatic rings. The normalized spacial score (nSPS) is 9.00. The number of carboxylic acid groups (broad SMARTS) is 1. The van der Waals surface area contributed by atoms with Crippen molar-refractivity contribution in [3.63, 3.8) is 0 Å². The highest BCUT2D eigenvalue weighted by molar-refractivity contribution is 5.85. The molecule has 0 unspecified atom stereocenters. The van der Waals surface area contributed by atoms with E-state index in [0.717, 1.165) is 0 Å². The average molecular weight is 191 g/mol. The summed E-state index contributed by atoms with van der Waals surface area (Å²) in [6.45, 7) is 1.44. The molecule has 72 valence electrons. The molecular formula is C10H9NO3. The van der Waals surface area contributed by atoms with Crippen LogP contribution in [0.4, 0.5) is 0 Å². The Bertz CT molecular complexity index is 415. The summed E-state index contributed by atoms with van der Waals surface area (Å²) in [4.78, 5) is 14.4. The van der Waals surface area contributed by atoms with E-state index in [0.29, 0.717) is 11.3 Å². The smallest absolute Gasteiger partial charge is 0.354 e. The molecule has 4 nitrogen and oxygen atoms in total. The zero-order valence-corrected chi connectivity index (χ0v) is 7.61. The molecule has 0 aliphatic rings. The number of pyridine rings is 1. The zero-order valence-electron chi connectivity index (χ0n) is 7.61. The van der Waals surface area contributed by atoms with E-state index in [4.69, 9.17) is 10.2 Å². The van der Waals surface area contributed by atoms with E-state index in [1.165, 1.54) is 6.07 Å². The lowest BCUT2D eigenvalue weighted by Gasteiger charge is -1.97. The van der Waals surface area contributed by atoms with E-state index in [9.17, 15) is 4.79 Å². The monoisotopic (exact) mass is 191 g/mol. The molecule has 1 heterocycles. The molecule has 0 aliphatic carbocycles. The average Bonchev–Trinajstić information content (AvgIpc) is 2.14. The molecule has 0 aliphatic heterocycles. The number of aryl methyl sites for hydroxylation is 1.